The lowest BCUT2D eigenvalue weighted by atomic mass is 10.0. The second-order valence-electron chi connectivity index (χ2n) is 10.0. The Bertz CT molecular complexity index is 973. The Kier molecular flexibility index (Phi) is 11.5. The lowest BCUT2D eigenvalue weighted by molar-refractivity contribution is -0.192. The van der Waals surface area contributed by atoms with Gasteiger partial charge < -0.3 is 18.9 Å². The van der Waals surface area contributed by atoms with Crippen molar-refractivity contribution in [1.82, 2.24) is 15.3 Å². The van der Waals surface area contributed by atoms with Gasteiger partial charge in [-0.2, -0.15) is 0 Å². The highest BCUT2D eigenvalue weighted by Gasteiger charge is 2.43. The van der Waals surface area contributed by atoms with Gasteiger partial charge in [-0.25, -0.2) is 14.6 Å². The van der Waals surface area contributed by atoms with Gasteiger partial charge in [0.2, 0.25) is 6.29 Å². The number of ether oxygens (including phenoxy) is 4. The zero-order chi connectivity index (χ0) is 28.4. The first-order valence-electron chi connectivity index (χ1n) is 13.8. The van der Waals surface area contributed by atoms with E-state index in [2.05, 4.69) is 5.32 Å². The van der Waals surface area contributed by atoms with E-state index in [1.54, 1.807) is 20.8 Å². The van der Waals surface area contributed by atoms with Crippen molar-refractivity contribution in [2.75, 3.05) is 19.7 Å². The number of hydrogen-bond acceptors (Lipinski definition) is 10. The third kappa shape index (κ3) is 8.93. The number of hydrogen-bond donors (Lipinski definition) is 1. The summed E-state index contributed by atoms with van der Waals surface area (Å²) in [4.78, 5) is 51.6. The minimum atomic E-state index is -1.18. The Balaban J connectivity index is 1.70. The van der Waals surface area contributed by atoms with Gasteiger partial charge in [0.1, 0.15) is 12.1 Å². The zero-order valence-electron chi connectivity index (χ0n) is 23.3. The first kappa shape index (κ1) is 30.4. The van der Waals surface area contributed by atoms with Gasteiger partial charge >= 0.3 is 18.1 Å². The van der Waals surface area contributed by atoms with Crippen molar-refractivity contribution in [3.8, 4) is 0 Å². The summed E-state index contributed by atoms with van der Waals surface area (Å²) in [6, 6.07) is 7.59. The maximum Gasteiger partial charge on any atom is 0.511 e. The van der Waals surface area contributed by atoms with Gasteiger partial charge in [0.05, 0.1) is 18.8 Å². The van der Waals surface area contributed by atoms with Gasteiger partial charge in [-0.3, -0.25) is 19.9 Å². The van der Waals surface area contributed by atoms with Crippen LogP contribution < -0.4 is 5.32 Å². The van der Waals surface area contributed by atoms with Crippen molar-refractivity contribution in [2.45, 2.75) is 96.7 Å². The van der Waals surface area contributed by atoms with Gasteiger partial charge in [0, 0.05) is 20.0 Å². The summed E-state index contributed by atoms with van der Waals surface area (Å²) in [6.07, 6.45) is 0.932. The second kappa shape index (κ2) is 14.8. The predicted molar refractivity (Wildman–Crippen MR) is 141 cm³/mol. The number of hydrazine groups is 1. The Morgan fingerprint density at radius 2 is 1.69 bits per heavy atom. The molecule has 2 aliphatic heterocycles. The van der Waals surface area contributed by atoms with Gasteiger partial charge in [-0.1, -0.05) is 30.3 Å². The van der Waals surface area contributed by atoms with Crippen molar-refractivity contribution < 1.29 is 38.1 Å². The highest BCUT2D eigenvalue weighted by atomic mass is 16.8. The topological polar surface area (TPSA) is 124 Å². The van der Waals surface area contributed by atoms with Crippen LogP contribution >= 0.6 is 0 Å². The molecule has 4 atom stereocenters. The molecule has 1 amide bonds. The van der Waals surface area contributed by atoms with E-state index in [0.29, 0.717) is 51.6 Å². The summed E-state index contributed by atoms with van der Waals surface area (Å²) in [5.41, 5.74) is 1.08. The van der Waals surface area contributed by atoms with Crippen LogP contribution in [0.4, 0.5) is 4.79 Å². The van der Waals surface area contributed by atoms with Gasteiger partial charge in [0.25, 0.3) is 5.91 Å². The fourth-order valence-corrected chi connectivity index (χ4v) is 4.87. The third-order valence-electron chi connectivity index (χ3n) is 6.61. The number of carbonyl (C=O) groups is 4. The molecule has 39 heavy (non-hydrogen) atoms. The average molecular weight is 548 g/mol. The Morgan fingerprint density at radius 3 is 2.36 bits per heavy atom. The van der Waals surface area contributed by atoms with Crippen LogP contribution in [0.25, 0.3) is 0 Å². The first-order chi connectivity index (χ1) is 18.7. The van der Waals surface area contributed by atoms with Crippen LogP contribution in [0.3, 0.4) is 0 Å². The van der Waals surface area contributed by atoms with Crippen molar-refractivity contribution in [3.63, 3.8) is 0 Å². The van der Waals surface area contributed by atoms with Gasteiger partial charge in [0.15, 0.2) is 0 Å². The number of nitrogens with zero attached hydrogens (tertiary/aromatic N) is 2. The van der Waals surface area contributed by atoms with Crippen LogP contribution in [-0.2, 0) is 39.8 Å². The molecule has 1 aromatic carbocycles. The van der Waals surface area contributed by atoms with E-state index < -0.39 is 42.5 Å². The van der Waals surface area contributed by atoms with Crippen molar-refractivity contribution in [2.24, 2.45) is 0 Å². The summed E-state index contributed by atoms with van der Waals surface area (Å²) < 4.78 is 20.6. The summed E-state index contributed by atoms with van der Waals surface area (Å²) in [6.45, 7) is 7.98. The van der Waals surface area contributed by atoms with Crippen molar-refractivity contribution in [3.05, 3.63) is 35.9 Å². The number of amides is 1. The van der Waals surface area contributed by atoms with E-state index in [4.69, 9.17) is 18.9 Å². The van der Waals surface area contributed by atoms with Crippen LogP contribution in [0.15, 0.2) is 30.3 Å². The molecule has 2 aliphatic rings. The van der Waals surface area contributed by atoms with Crippen LogP contribution in [0, 0.1) is 0 Å². The molecule has 0 spiro atoms. The Labute approximate surface area is 230 Å². The van der Waals surface area contributed by atoms with Crippen LogP contribution in [0.5, 0.6) is 0 Å². The Morgan fingerprint density at radius 1 is 1.00 bits per heavy atom. The lowest BCUT2D eigenvalue weighted by Crippen LogP contribution is -2.62. The van der Waals surface area contributed by atoms with E-state index >= 15 is 0 Å². The first-order valence-corrected chi connectivity index (χ1v) is 13.8. The molecule has 11 heteroatoms. The molecule has 216 valence electrons. The molecule has 2 saturated heterocycles. The van der Waals surface area contributed by atoms with E-state index in [1.165, 1.54) is 11.9 Å². The molecule has 0 aromatic heterocycles. The summed E-state index contributed by atoms with van der Waals surface area (Å²) in [5, 5.41) is 6.59. The number of fused-ring (bicyclic) bond motifs is 1. The fourth-order valence-electron chi connectivity index (χ4n) is 4.87. The van der Waals surface area contributed by atoms with Crippen molar-refractivity contribution >= 4 is 24.0 Å². The van der Waals surface area contributed by atoms with E-state index in [9.17, 15) is 19.2 Å². The molecule has 1 aromatic rings. The number of benzene rings is 1. The molecule has 3 rings (SSSR count). The van der Waals surface area contributed by atoms with E-state index in [0.717, 1.165) is 5.56 Å². The SMILES string of the molecule is CCOC(=O)C(CCc1ccccc1)NC1CCCN2CCCC(C(=O)OC(C)OC(=O)OC(C)C)N2C1=O. The highest BCUT2D eigenvalue weighted by Crippen LogP contribution is 2.25. The molecule has 2 heterocycles. The Hall–Kier alpha value is -3.18. The number of rotatable bonds is 11. The maximum atomic E-state index is 13.8. The van der Waals surface area contributed by atoms with Crippen LogP contribution in [0.1, 0.15) is 65.4 Å². The van der Waals surface area contributed by atoms with Crippen molar-refractivity contribution in [1.29, 1.82) is 0 Å². The van der Waals surface area contributed by atoms with E-state index in [-0.39, 0.29) is 18.6 Å². The molecule has 2 fully saturated rings. The molecule has 0 aliphatic carbocycles. The van der Waals surface area contributed by atoms with Gasteiger partial charge in [-0.05, 0) is 64.9 Å². The quantitative estimate of drug-likeness (QED) is 0.251. The third-order valence-corrected chi connectivity index (χ3v) is 6.61. The number of carbonyl (C=O) groups excluding carboxylic acids is 4. The molecule has 4 unspecified atom stereocenters. The monoisotopic (exact) mass is 547 g/mol. The van der Waals surface area contributed by atoms with Crippen LogP contribution in [-0.4, -0.2) is 84.2 Å². The smallest absolute Gasteiger partial charge is 0.465 e. The second-order valence-corrected chi connectivity index (χ2v) is 10.0. The molecule has 11 nitrogen and oxygen atoms in total. The molecule has 0 saturated carbocycles. The minimum absolute atomic E-state index is 0.236. The number of nitrogens with one attached hydrogen (secondary N) is 1. The number of esters is 2. The number of aryl methyl sites for hydroxylation is 1. The van der Waals surface area contributed by atoms with Crippen LogP contribution in [0.2, 0.25) is 0 Å². The zero-order valence-corrected chi connectivity index (χ0v) is 23.3. The largest absolute Gasteiger partial charge is 0.511 e. The fraction of sp³-hybridized carbons (Fsp3) is 0.643. The average Bonchev–Trinajstić information content (AvgIpc) is 3.04. The molecule has 1 N–H and O–H groups in total. The summed E-state index contributed by atoms with van der Waals surface area (Å²) in [5.74, 6) is -1.36. The van der Waals surface area contributed by atoms with Gasteiger partial charge in [-0.15, -0.1) is 0 Å². The summed E-state index contributed by atoms with van der Waals surface area (Å²) >= 11 is 0. The molecular formula is C28H41N3O8. The molecular weight excluding hydrogens is 506 g/mol. The summed E-state index contributed by atoms with van der Waals surface area (Å²) in [7, 11) is 0. The van der Waals surface area contributed by atoms with E-state index in [1.807, 2.05) is 35.3 Å². The maximum absolute atomic E-state index is 13.8. The normalized spacial score (nSPS) is 21.4. The highest BCUT2D eigenvalue weighted by molar-refractivity contribution is 5.88. The molecule has 0 bridgehead atoms. The predicted octanol–water partition coefficient (Wildman–Crippen LogP) is 2.96. The minimum Gasteiger partial charge on any atom is -0.465 e. The standard InChI is InChI=1S/C28H41N3O8/c1-5-36-26(33)23(16-15-21-11-7-6-8-12-21)29-22-13-9-17-30-18-10-14-24(31(30)25(22)32)27(34)38-20(4)39-28(35)37-19(2)3/h6-8,11-12,19-20,22-24,29H,5,9-10,13-18H2,1-4H3. The molecule has 0 radical (unpaired) electrons. The lowest BCUT2D eigenvalue weighted by Gasteiger charge is -2.43.